The number of anilines is 2. The fourth-order valence-electron chi connectivity index (χ4n) is 1.73. The smallest absolute Gasteiger partial charge is 0.132 e. The van der Waals surface area contributed by atoms with Gasteiger partial charge in [0.05, 0.1) is 17.7 Å². The molecule has 0 saturated carbocycles. The summed E-state index contributed by atoms with van der Waals surface area (Å²) in [7, 11) is 1.91. The zero-order valence-electron chi connectivity index (χ0n) is 10.9. The Labute approximate surface area is 112 Å². The van der Waals surface area contributed by atoms with E-state index < -0.39 is 6.10 Å². The Kier molecular flexibility index (Phi) is 3.79. The van der Waals surface area contributed by atoms with E-state index in [-0.39, 0.29) is 0 Å². The minimum atomic E-state index is -0.512. The Morgan fingerprint density at radius 3 is 2.37 bits per heavy atom. The first-order valence-electron chi connectivity index (χ1n) is 5.99. The molecule has 0 unspecified atom stereocenters. The Morgan fingerprint density at radius 2 is 1.89 bits per heavy atom. The summed E-state index contributed by atoms with van der Waals surface area (Å²) in [6.07, 6.45) is 1.15. The molecule has 1 atom stereocenters. The number of rotatable bonds is 3. The first kappa shape index (κ1) is 13.1. The standard InChI is InChI=1S/C15H15N3O/c1-11(19)13-5-8-15(17-10-13)18(2)14-6-3-12(9-16)4-7-14/h3-8,10-11,19H,1-2H3/t11-/m0/s1. The van der Waals surface area contributed by atoms with E-state index >= 15 is 0 Å². The molecule has 0 amide bonds. The lowest BCUT2D eigenvalue weighted by atomic mass is 10.2. The zero-order chi connectivity index (χ0) is 13.8. The molecular formula is C15H15N3O. The van der Waals surface area contributed by atoms with Gasteiger partial charge in [0, 0.05) is 18.9 Å². The predicted molar refractivity (Wildman–Crippen MR) is 74.1 cm³/mol. The average molecular weight is 253 g/mol. The Bertz CT molecular complexity index is 582. The van der Waals surface area contributed by atoms with Crippen molar-refractivity contribution in [2.45, 2.75) is 13.0 Å². The molecule has 0 saturated heterocycles. The van der Waals surface area contributed by atoms with Crippen molar-refractivity contribution in [2.24, 2.45) is 0 Å². The van der Waals surface area contributed by atoms with E-state index in [1.54, 1.807) is 25.3 Å². The van der Waals surface area contributed by atoms with Crippen molar-refractivity contribution < 1.29 is 5.11 Å². The first-order chi connectivity index (χ1) is 9.11. The first-order valence-corrected chi connectivity index (χ1v) is 5.99. The lowest BCUT2D eigenvalue weighted by molar-refractivity contribution is 0.199. The van der Waals surface area contributed by atoms with E-state index in [4.69, 9.17) is 5.26 Å². The Morgan fingerprint density at radius 1 is 1.21 bits per heavy atom. The van der Waals surface area contributed by atoms with E-state index in [0.717, 1.165) is 17.1 Å². The number of aromatic nitrogens is 1. The number of hydrogen-bond acceptors (Lipinski definition) is 4. The largest absolute Gasteiger partial charge is 0.389 e. The molecule has 1 aromatic heterocycles. The van der Waals surface area contributed by atoms with Crippen molar-refractivity contribution in [1.29, 1.82) is 5.26 Å². The molecule has 0 radical (unpaired) electrons. The molecule has 4 nitrogen and oxygen atoms in total. The van der Waals surface area contributed by atoms with E-state index in [0.29, 0.717) is 5.56 Å². The molecule has 0 fully saturated rings. The van der Waals surface area contributed by atoms with Gasteiger partial charge in [0.25, 0.3) is 0 Å². The third-order valence-electron chi connectivity index (χ3n) is 2.98. The van der Waals surface area contributed by atoms with Crippen molar-refractivity contribution in [3.05, 3.63) is 53.7 Å². The summed E-state index contributed by atoms with van der Waals surface area (Å²) in [5.74, 6) is 0.786. The summed E-state index contributed by atoms with van der Waals surface area (Å²) in [5.41, 5.74) is 2.38. The number of pyridine rings is 1. The normalized spacial score (nSPS) is 11.7. The number of hydrogen-bond donors (Lipinski definition) is 1. The highest BCUT2D eigenvalue weighted by atomic mass is 16.3. The minimum Gasteiger partial charge on any atom is -0.389 e. The van der Waals surface area contributed by atoms with Gasteiger partial charge in [-0.25, -0.2) is 4.98 Å². The molecule has 0 spiro atoms. The molecule has 2 aromatic rings. The van der Waals surface area contributed by atoms with Crippen molar-refractivity contribution in [2.75, 3.05) is 11.9 Å². The molecule has 96 valence electrons. The average Bonchev–Trinajstić information content (AvgIpc) is 2.46. The molecule has 0 bridgehead atoms. The Balaban J connectivity index is 2.23. The van der Waals surface area contributed by atoms with Gasteiger partial charge in [-0.05, 0) is 42.8 Å². The molecule has 1 heterocycles. The second kappa shape index (κ2) is 5.51. The topological polar surface area (TPSA) is 60.1 Å². The second-order valence-electron chi connectivity index (χ2n) is 4.34. The Hall–Kier alpha value is -2.38. The van der Waals surface area contributed by atoms with Crippen LogP contribution in [0.5, 0.6) is 0 Å². The van der Waals surface area contributed by atoms with Crippen LogP contribution < -0.4 is 4.90 Å². The van der Waals surface area contributed by atoms with Gasteiger partial charge in [0.1, 0.15) is 5.82 Å². The van der Waals surface area contributed by atoms with E-state index in [2.05, 4.69) is 11.1 Å². The van der Waals surface area contributed by atoms with Gasteiger partial charge in [-0.1, -0.05) is 6.07 Å². The molecule has 19 heavy (non-hydrogen) atoms. The summed E-state index contributed by atoms with van der Waals surface area (Å²) in [4.78, 5) is 6.24. The second-order valence-corrected chi connectivity index (χ2v) is 4.34. The van der Waals surface area contributed by atoms with Crippen LogP contribution in [0.2, 0.25) is 0 Å². The van der Waals surface area contributed by atoms with Crippen molar-refractivity contribution in [3.8, 4) is 6.07 Å². The van der Waals surface area contributed by atoms with Crippen LogP contribution in [0.25, 0.3) is 0 Å². The number of nitrogens with zero attached hydrogens (tertiary/aromatic N) is 3. The lowest BCUT2D eigenvalue weighted by Gasteiger charge is -2.18. The number of nitriles is 1. The van der Waals surface area contributed by atoms with Crippen LogP contribution in [0.4, 0.5) is 11.5 Å². The monoisotopic (exact) mass is 253 g/mol. The van der Waals surface area contributed by atoms with Crippen LogP contribution in [0.3, 0.4) is 0 Å². The highest BCUT2D eigenvalue weighted by Gasteiger charge is 2.07. The van der Waals surface area contributed by atoms with Crippen LogP contribution in [0.1, 0.15) is 24.2 Å². The summed E-state index contributed by atoms with van der Waals surface area (Å²) in [6.45, 7) is 1.71. The maximum Gasteiger partial charge on any atom is 0.132 e. The van der Waals surface area contributed by atoms with Crippen LogP contribution >= 0.6 is 0 Å². The highest BCUT2D eigenvalue weighted by molar-refractivity contribution is 5.60. The van der Waals surface area contributed by atoms with Crippen LogP contribution in [0, 0.1) is 11.3 Å². The van der Waals surface area contributed by atoms with Gasteiger partial charge < -0.3 is 10.0 Å². The van der Waals surface area contributed by atoms with Crippen LogP contribution in [-0.2, 0) is 0 Å². The predicted octanol–water partition coefficient (Wildman–Crippen LogP) is 2.77. The van der Waals surface area contributed by atoms with Gasteiger partial charge in [-0.15, -0.1) is 0 Å². The molecule has 2 rings (SSSR count). The van der Waals surface area contributed by atoms with Crippen molar-refractivity contribution in [1.82, 2.24) is 4.98 Å². The van der Waals surface area contributed by atoms with Crippen molar-refractivity contribution in [3.63, 3.8) is 0 Å². The summed E-state index contributed by atoms with van der Waals surface area (Å²) in [5, 5.41) is 18.2. The molecule has 0 aliphatic carbocycles. The third-order valence-corrected chi connectivity index (χ3v) is 2.98. The van der Waals surface area contributed by atoms with E-state index in [1.165, 1.54) is 0 Å². The maximum atomic E-state index is 9.44. The van der Waals surface area contributed by atoms with Gasteiger partial charge in [-0.3, -0.25) is 0 Å². The zero-order valence-corrected chi connectivity index (χ0v) is 10.9. The summed E-state index contributed by atoms with van der Waals surface area (Å²) in [6, 6.07) is 13.1. The molecule has 4 heteroatoms. The van der Waals surface area contributed by atoms with Gasteiger partial charge in [0.15, 0.2) is 0 Å². The van der Waals surface area contributed by atoms with E-state index in [1.807, 2.05) is 36.2 Å². The quantitative estimate of drug-likeness (QED) is 0.913. The lowest BCUT2D eigenvalue weighted by Crippen LogP contribution is -2.11. The van der Waals surface area contributed by atoms with Crippen LogP contribution in [0.15, 0.2) is 42.6 Å². The minimum absolute atomic E-state index is 0.512. The number of aliphatic hydroxyl groups excluding tert-OH is 1. The van der Waals surface area contributed by atoms with Gasteiger partial charge in [-0.2, -0.15) is 5.26 Å². The van der Waals surface area contributed by atoms with Gasteiger partial charge in [0.2, 0.25) is 0 Å². The molecular weight excluding hydrogens is 238 g/mol. The molecule has 0 aliphatic rings. The fourth-order valence-corrected chi connectivity index (χ4v) is 1.73. The fraction of sp³-hybridized carbons (Fsp3) is 0.200. The van der Waals surface area contributed by atoms with Gasteiger partial charge >= 0.3 is 0 Å². The summed E-state index contributed by atoms with van der Waals surface area (Å²) < 4.78 is 0. The van der Waals surface area contributed by atoms with Crippen LogP contribution in [-0.4, -0.2) is 17.1 Å². The maximum absolute atomic E-state index is 9.44. The highest BCUT2D eigenvalue weighted by Crippen LogP contribution is 2.22. The molecule has 1 aromatic carbocycles. The number of benzene rings is 1. The van der Waals surface area contributed by atoms with E-state index in [9.17, 15) is 5.11 Å². The molecule has 0 aliphatic heterocycles. The summed E-state index contributed by atoms with van der Waals surface area (Å²) >= 11 is 0. The third kappa shape index (κ3) is 2.90. The number of aliphatic hydroxyl groups is 1. The SMILES string of the molecule is C[C@H](O)c1ccc(N(C)c2ccc(C#N)cc2)nc1. The molecule has 1 N–H and O–H groups in total. The van der Waals surface area contributed by atoms with Crippen molar-refractivity contribution >= 4 is 11.5 Å².